The van der Waals surface area contributed by atoms with Crippen molar-refractivity contribution < 1.29 is 4.79 Å². The molecule has 7 heteroatoms. The molecule has 1 amide bonds. The van der Waals surface area contributed by atoms with Crippen molar-refractivity contribution in [1.29, 1.82) is 0 Å². The molecule has 1 fully saturated rings. The first-order valence-electron chi connectivity index (χ1n) is 7.47. The van der Waals surface area contributed by atoms with E-state index in [0.717, 1.165) is 25.9 Å². The summed E-state index contributed by atoms with van der Waals surface area (Å²) in [5.74, 6) is 0.349. The van der Waals surface area contributed by atoms with Gasteiger partial charge in [-0.2, -0.15) is 0 Å². The van der Waals surface area contributed by atoms with Gasteiger partial charge in [0.1, 0.15) is 0 Å². The van der Waals surface area contributed by atoms with E-state index in [1.807, 2.05) is 0 Å². The summed E-state index contributed by atoms with van der Waals surface area (Å²) in [6.07, 6.45) is 6.62. The van der Waals surface area contributed by atoms with Crippen molar-refractivity contribution in [3.05, 3.63) is 46.2 Å². The molecular weight excluding hydrogens is 335 g/mol. The van der Waals surface area contributed by atoms with E-state index in [4.69, 9.17) is 23.2 Å². The zero-order chi connectivity index (χ0) is 16.2. The fourth-order valence-electron chi connectivity index (χ4n) is 2.48. The van der Waals surface area contributed by atoms with Gasteiger partial charge in [0.25, 0.3) is 5.91 Å². The Morgan fingerprint density at radius 2 is 1.78 bits per heavy atom. The molecular formula is C16H16Cl2N4O. The van der Waals surface area contributed by atoms with E-state index in [2.05, 4.69) is 20.2 Å². The Balaban J connectivity index is 1.71. The minimum absolute atomic E-state index is 0.320. The maximum Gasteiger partial charge on any atom is 0.258 e. The van der Waals surface area contributed by atoms with Crippen molar-refractivity contribution >= 4 is 40.7 Å². The Labute approximate surface area is 144 Å². The number of aromatic nitrogens is 2. The minimum Gasteiger partial charge on any atom is -0.341 e. The molecule has 2 aromatic rings. The predicted molar refractivity (Wildman–Crippen MR) is 92.5 cm³/mol. The molecule has 1 saturated heterocycles. The van der Waals surface area contributed by atoms with Gasteiger partial charge in [-0.25, -0.2) is 9.97 Å². The van der Waals surface area contributed by atoms with Crippen LogP contribution in [0.4, 0.5) is 11.6 Å². The molecule has 23 heavy (non-hydrogen) atoms. The third kappa shape index (κ3) is 3.92. The third-order valence-corrected chi connectivity index (χ3v) is 4.28. The lowest BCUT2D eigenvalue weighted by Crippen LogP contribution is -2.31. The third-order valence-electron chi connectivity index (χ3n) is 3.72. The number of amides is 1. The van der Waals surface area contributed by atoms with Crippen molar-refractivity contribution in [3.8, 4) is 0 Å². The monoisotopic (exact) mass is 350 g/mol. The molecule has 1 aromatic carbocycles. The molecule has 0 bridgehead atoms. The van der Waals surface area contributed by atoms with Crippen LogP contribution in [-0.2, 0) is 0 Å². The van der Waals surface area contributed by atoms with Gasteiger partial charge < -0.3 is 10.2 Å². The van der Waals surface area contributed by atoms with E-state index in [-0.39, 0.29) is 5.91 Å². The summed E-state index contributed by atoms with van der Waals surface area (Å²) in [4.78, 5) is 23.0. The molecule has 3 rings (SSSR count). The number of hydrogen-bond acceptors (Lipinski definition) is 4. The van der Waals surface area contributed by atoms with Crippen LogP contribution >= 0.6 is 23.2 Å². The van der Waals surface area contributed by atoms with Gasteiger partial charge in [0.05, 0.1) is 16.3 Å². The second-order valence-corrected chi connectivity index (χ2v) is 6.24. The molecule has 0 saturated carbocycles. The van der Waals surface area contributed by atoms with Crippen LogP contribution in [0.2, 0.25) is 10.0 Å². The molecule has 0 radical (unpaired) electrons. The van der Waals surface area contributed by atoms with Crippen LogP contribution in [0.1, 0.15) is 29.6 Å². The zero-order valence-electron chi connectivity index (χ0n) is 12.4. The van der Waals surface area contributed by atoms with Crippen LogP contribution < -0.4 is 10.2 Å². The smallest absolute Gasteiger partial charge is 0.258 e. The highest BCUT2D eigenvalue weighted by Gasteiger charge is 2.15. The fourth-order valence-corrected chi connectivity index (χ4v) is 2.82. The lowest BCUT2D eigenvalue weighted by atomic mass is 10.1. The maximum absolute atomic E-state index is 12.3. The summed E-state index contributed by atoms with van der Waals surface area (Å²) < 4.78 is 0. The van der Waals surface area contributed by atoms with Crippen LogP contribution in [0, 0.1) is 0 Å². The first kappa shape index (κ1) is 16.0. The average Bonchev–Trinajstić information content (AvgIpc) is 2.59. The quantitative estimate of drug-likeness (QED) is 0.907. The molecule has 0 aliphatic carbocycles. The Bertz CT molecular complexity index is 700. The van der Waals surface area contributed by atoms with Crippen LogP contribution in [0.15, 0.2) is 30.6 Å². The van der Waals surface area contributed by atoms with Gasteiger partial charge in [-0.15, -0.1) is 0 Å². The second kappa shape index (κ2) is 7.15. The van der Waals surface area contributed by atoms with Gasteiger partial charge in [-0.05, 0) is 37.5 Å². The number of carbonyl (C=O) groups is 1. The number of nitrogens with one attached hydrogen (secondary N) is 1. The topological polar surface area (TPSA) is 58.1 Å². The summed E-state index contributed by atoms with van der Waals surface area (Å²) in [5, 5.41) is 3.64. The number of carbonyl (C=O) groups excluding carboxylic acids is 1. The number of piperidine rings is 1. The number of nitrogens with zero attached hydrogens (tertiary/aromatic N) is 3. The van der Waals surface area contributed by atoms with E-state index in [1.54, 1.807) is 18.2 Å². The molecule has 0 unspecified atom stereocenters. The molecule has 1 aliphatic heterocycles. The van der Waals surface area contributed by atoms with E-state index in [9.17, 15) is 4.79 Å². The molecule has 1 aliphatic rings. The molecule has 5 nitrogen and oxygen atoms in total. The van der Waals surface area contributed by atoms with Crippen molar-refractivity contribution in [3.63, 3.8) is 0 Å². The number of halogens is 2. The van der Waals surface area contributed by atoms with Gasteiger partial charge in [0, 0.05) is 30.5 Å². The number of hydrogen-bond donors (Lipinski definition) is 1. The molecule has 1 aromatic heterocycles. The number of rotatable bonds is 3. The van der Waals surface area contributed by atoms with E-state index in [1.165, 1.54) is 18.8 Å². The van der Waals surface area contributed by atoms with Gasteiger partial charge >= 0.3 is 0 Å². The van der Waals surface area contributed by atoms with E-state index < -0.39 is 0 Å². The van der Waals surface area contributed by atoms with Crippen LogP contribution in [-0.4, -0.2) is 29.0 Å². The van der Waals surface area contributed by atoms with E-state index >= 15 is 0 Å². The number of benzene rings is 1. The molecule has 1 N–H and O–H groups in total. The maximum atomic E-state index is 12.3. The van der Waals surface area contributed by atoms with Crippen LogP contribution in [0.3, 0.4) is 0 Å². The van der Waals surface area contributed by atoms with Gasteiger partial charge in [-0.1, -0.05) is 23.2 Å². The normalized spacial score (nSPS) is 14.6. The average molecular weight is 351 g/mol. The van der Waals surface area contributed by atoms with Gasteiger partial charge in [-0.3, -0.25) is 4.79 Å². The largest absolute Gasteiger partial charge is 0.341 e. The lowest BCUT2D eigenvalue weighted by molar-refractivity contribution is 0.102. The molecule has 0 spiro atoms. The summed E-state index contributed by atoms with van der Waals surface area (Å²) in [7, 11) is 0. The molecule has 0 atom stereocenters. The van der Waals surface area contributed by atoms with Crippen LogP contribution in [0.5, 0.6) is 0 Å². The van der Waals surface area contributed by atoms with Crippen molar-refractivity contribution in [1.82, 2.24) is 9.97 Å². The lowest BCUT2D eigenvalue weighted by Gasteiger charge is -2.26. The molecule has 2 heterocycles. The second-order valence-electron chi connectivity index (χ2n) is 5.40. The highest BCUT2D eigenvalue weighted by atomic mass is 35.5. The SMILES string of the molecule is O=C(Nc1cc(Cl)ccc1Cl)c1cnc(N2CCCCC2)nc1. The minimum atomic E-state index is -0.320. The first-order valence-corrected chi connectivity index (χ1v) is 8.22. The van der Waals surface area contributed by atoms with E-state index in [0.29, 0.717) is 27.2 Å². The highest BCUT2D eigenvalue weighted by molar-refractivity contribution is 6.35. The number of anilines is 2. The summed E-state index contributed by atoms with van der Waals surface area (Å²) in [6.45, 7) is 1.92. The molecule has 120 valence electrons. The Kier molecular flexibility index (Phi) is 4.98. The fraction of sp³-hybridized carbons (Fsp3) is 0.312. The van der Waals surface area contributed by atoms with Crippen LogP contribution in [0.25, 0.3) is 0 Å². The van der Waals surface area contributed by atoms with Gasteiger partial charge in [0.2, 0.25) is 5.95 Å². The Morgan fingerprint density at radius 1 is 1.09 bits per heavy atom. The zero-order valence-corrected chi connectivity index (χ0v) is 13.9. The predicted octanol–water partition coefficient (Wildman–Crippen LogP) is 4.03. The summed E-state index contributed by atoms with van der Waals surface area (Å²) in [5.41, 5.74) is 0.839. The van der Waals surface area contributed by atoms with Gasteiger partial charge in [0.15, 0.2) is 0 Å². The summed E-state index contributed by atoms with van der Waals surface area (Å²) >= 11 is 12.0. The highest BCUT2D eigenvalue weighted by Crippen LogP contribution is 2.26. The first-order chi connectivity index (χ1) is 11.1. The Hall–Kier alpha value is -1.85. The summed E-state index contributed by atoms with van der Waals surface area (Å²) in [6, 6.07) is 4.90. The van der Waals surface area contributed by atoms with Crippen molar-refractivity contribution in [2.24, 2.45) is 0 Å². The Morgan fingerprint density at radius 3 is 2.48 bits per heavy atom. The van der Waals surface area contributed by atoms with Crippen molar-refractivity contribution in [2.75, 3.05) is 23.3 Å². The standard InChI is InChI=1S/C16H16Cl2N4O/c17-12-4-5-13(18)14(8-12)21-15(23)11-9-19-16(20-10-11)22-6-2-1-3-7-22/h4-5,8-10H,1-3,6-7H2,(H,21,23). The van der Waals surface area contributed by atoms with Crippen molar-refractivity contribution in [2.45, 2.75) is 19.3 Å².